The second-order valence-electron chi connectivity index (χ2n) is 6.01. The molecule has 1 fully saturated rings. The molecule has 1 amide bonds. The molecule has 9 heteroatoms. The van der Waals surface area contributed by atoms with Gasteiger partial charge in [-0.1, -0.05) is 15.9 Å². The first-order valence-corrected chi connectivity index (χ1v) is 8.91. The first kappa shape index (κ1) is 18.1. The number of piperazine rings is 1. The minimum Gasteiger partial charge on any atom is -0.383 e. The molecule has 1 aliphatic heterocycles. The Labute approximate surface area is 158 Å². The number of rotatable bonds is 4. The summed E-state index contributed by atoms with van der Waals surface area (Å²) in [5.41, 5.74) is 7.59. The SMILES string of the molecule is Cc1cc(Br)ccc1N=Cc1c(N)nc(N2CCN(C=O)CC2)[nH]c1=O. The molecule has 0 saturated carbocycles. The van der Waals surface area contributed by atoms with E-state index in [9.17, 15) is 9.59 Å². The van der Waals surface area contributed by atoms with Crippen molar-refractivity contribution < 1.29 is 4.79 Å². The average molecular weight is 419 g/mol. The number of nitrogens with zero attached hydrogens (tertiary/aromatic N) is 4. The van der Waals surface area contributed by atoms with Crippen molar-refractivity contribution in [3.8, 4) is 0 Å². The van der Waals surface area contributed by atoms with E-state index < -0.39 is 0 Å². The molecule has 8 nitrogen and oxygen atoms in total. The fourth-order valence-corrected chi connectivity index (χ4v) is 3.17. The average Bonchev–Trinajstić information content (AvgIpc) is 2.62. The van der Waals surface area contributed by atoms with Crippen LogP contribution in [0.25, 0.3) is 0 Å². The van der Waals surface area contributed by atoms with Crippen LogP contribution in [0.15, 0.2) is 32.5 Å². The molecule has 0 spiro atoms. The van der Waals surface area contributed by atoms with Crippen LogP contribution in [0.2, 0.25) is 0 Å². The van der Waals surface area contributed by atoms with E-state index in [1.807, 2.05) is 30.0 Å². The lowest BCUT2D eigenvalue weighted by molar-refractivity contribution is -0.118. The number of nitrogen functional groups attached to an aromatic ring is 1. The van der Waals surface area contributed by atoms with E-state index in [0.717, 1.165) is 22.1 Å². The van der Waals surface area contributed by atoms with Crippen molar-refractivity contribution in [1.29, 1.82) is 0 Å². The number of carbonyl (C=O) groups is 1. The van der Waals surface area contributed by atoms with Crippen LogP contribution >= 0.6 is 15.9 Å². The smallest absolute Gasteiger partial charge is 0.263 e. The predicted molar refractivity (Wildman–Crippen MR) is 105 cm³/mol. The van der Waals surface area contributed by atoms with Crippen molar-refractivity contribution in [2.45, 2.75) is 6.92 Å². The fraction of sp³-hybridized carbons (Fsp3) is 0.294. The molecule has 0 aliphatic carbocycles. The Balaban J connectivity index is 1.82. The number of aliphatic imine (C=N–C) groups is 1. The third-order valence-electron chi connectivity index (χ3n) is 4.23. The highest BCUT2D eigenvalue weighted by molar-refractivity contribution is 9.10. The number of aromatic amines is 1. The number of benzene rings is 1. The zero-order valence-electron chi connectivity index (χ0n) is 14.3. The van der Waals surface area contributed by atoms with Crippen LogP contribution in [0.1, 0.15) is 11.1 Å². The van der Waals surface area contributed by atoms with Crippen LogP contribution in [0.3, 0.4) is 0 Å². The summed E-state index contributed by atoms with van der Waals surface area (Å²) < 4.78 is 0.965. The van der Waals surface area contributed by atoms with Gasteiger partial charge in [0.1, 0.15) is 11.4 Å². The number of nitrogens with two attached hydrogens (primary N) is 1. The van der Waals surface area contributed by atoms with Crippen LogP contribution in [0, 0.1) is 6.92 Å². The van der Waals surface area contributed by atoms with Crippen LogP contribution in [0.5, 0.6) is 0 Å². The lowest BCUT2D eigenvalue weighted by Crippen LogP contribution is -2.46. The molecular formula is C17H19BrN6O2. The van der Waals surface area contributed by atoms with Crippen molar-refractivity contribution in [3.63, 3.8) is 0 Å². The fourth-order valence-electron chi connectivity index (χ4n) is 2.70. The van der Waals surface area contributed by atoms with E-state index in [1.165, 1.54) is 6.21 Å². The molecule has 0 bridgehead atoms. The molecule has 136 valence electrons. The first-order valence-electron chi connectivity index (χ1n) is 8.12. The zero-order valence-corrected chi connectivity index (χ0v) is 15.9. The number of anilines is 2. The molecule has 3 N–H and O–H groups in total. The largest absolute Gasteiger partial charge is 0.383 e. The Hall–Kier alpha value is -2.68. The minimum atomic E-state index is -0.344. The zero-order chi connectivity index (χ0) is 18.7. The van der Waals surface area contributed by atoms with E-state index >= 15 is 0 Å². The van der Waals surface area contributed by atoms with E-state index in [1.54, 1.807) is 4.90 Å². The van der Waals surface area contributed by atoms with Crippen LogP contribution in [0.4, 0.5) is 17.5 Å². The Morgan fingerprint density at radius 3 is 2.65 bits per heavy atom. The van der Waals surface area contributed by atoms with Gasteiger partial charge in [-0.3, -0.25) is 19.6 Å². The second-order valence-corrected chi connectivity index (χ2v) is 6.92. The van der Waals surface area contributed by atoms with Gasteiger partial charge in [0.2, 0.25) is 12.4 Å². The first-order chi connectivity index (χ1) is 12.5. The van der Waals surface area contributed by atoms with Gasteiger partial charge in [0, 0.05) is 36.9 Å². The molecule has 2 heterocycles. The van der Waals surface area contributed by atoms with Crippen molar-refractivity contribution >= 4 is 46.0 Å². The molecule has 0 radical (unpaired) electrons. The summed E-state index contributed by atoms with van der Waals surface area (Å²) in [6.45, 7) is 4.28. The summed E-state index contributed by atoms with van der Waals surface area (Å²) in [5, 5.41) is 0. The quantitative estimate of drug-likeness (QED) is 0.576. The maximum absolute atomic E-state index is 12.4. The summed E-state index contributed by atoms with van der Waals surface area (Å²) in [6.07, 6.45) is 2.26. The molecule has 1 saturated heterocycles. The number of hydrogen-bond donors (Lipinski definition) is 2. The maximum Gasteiger partial charge on any atom is 0.263 e. The monoisotopic (exact) mass is 418 g/mol. The normalized spacial score (nSPS) is 14.8. The van der Waals surface area contributed by atoms with E-state index in [2.05, 4.69) is 30.9 Å². The van der Waals surface area contributed by atoms with E-state index in [0.29, 0.717) is 32.1 Å². The predicted octanol–water partition coefficient (Wildman–Crippen LogP) is 1.45. The lowest BCUT2D eigenvalue weighted by atomic mass is 10.2. The molecule has 2 aromatic rings. The molecule has 26 heavy (non-hydrogen) atoms. The van der Waals surface area contributed by atoms with Crippen LogP contribution in [-0.4, -0.2) is 53.7 Å². The van der Waals surface area contributed by atoms with Gasteiger partial charge in [0.05, 0.1) is 5.69 Å². The van der Waals surface area contributed by atoms with Gasteiger partial charge in [-0.05, 0) is 30.7 Å². The number of carbonyl (C=O) groups excluding carboxylic acids is 1. The standard InChI is InChI=1S/C17H19BrN6O2/c1-11-8-12(18)2-3-14(11)20-9-13-15(19)21-17(22-16(13)26)24-6-4-23(10-25)5-7-24/h2-3,8-10H,4-7H2,1H3,(H3,19,21,22,26). The molecule has 0 unspecified atom stereocenters. The number of aromatic nitrogens is 2. The topological polar surface area (TPSA) is 108 Å². The third kappa shape index (κ3) is 3.93. The van der Waals surface area contributed by atoms with Crippen molar-refractivity contribution in [2.75, 3.05) is 36.8 Å². The minimum absolute atomic E-state index is 0.125. The number of nitrogens with one attached hydrogen (secondary N) is 1. The van der Waals surface area contributed by atoms with Gasteiger partial charge in [0.25, 0.3) is 5.56 Å². The van der Waals surface area contributed by atoms with Crippen molar-refractivity contribution in [2.24, 2.45) is 4.99 Å². The summed E-state index contributed by atoms with van der Waals surface area (Å²) in [6, 6.07) is 5.68. The lowest BCUT2D eigenvalue weighted by Gasteiger charge is -2.32. The van der Waals surface area contributed by atoms with Crippen molar-refractivity contribution in [1.82, 2.24) is 14.9 Å². The van der Waals surface area contributed by atoms with E-state index in [4.69, 9.17) is 5.73 Å². The summed E-state index contributed by atoms with van der Waals surface area (Å²) in [4.78, 5) is 38.2. The van der Waals surface area contributed by atoms with Gasteiger partial charge in [-0.2, -0.15) is 4.98 Å². The van der Waals surface area contributed by atoms with Crippen LogP contribution in [-0.2, 0) is 4.79 Å². The molecule has 3 rings (SSSR count). The van der Waals surface area contributed by atoms with Gasteiger partial charge < -0.3 is 15.5 Å². The third-order valence-corrected chi connectivity index (χ3v) is 4.72. The van der Waals surface area contributed by atoms with Crippen molar-refractivity contribution in [3.05, 3.63) is 44.2 Å². The highest BCUT2D eigenvalue weighted by Gasteiger charge is 2.19. The summed E-state index contributed by atoms with van der Waals surface area (Å²) in [7, 11) is 0. The number of hydrogen-bond acceptors (Lipinski definition) is 6. The number of amides is 1. The molecule has 1 aromatic heterocycles. The number of aryl methyl sites for hydroxylation is 1. The van der Waals surface area contributed by atoms with Gasteiger partial charge in [-0.25, -0.2) is 0 Å². The summed E-state index contributed by atoms with van der Waals surface area (Å²) in [5.74, 6) is 0.537. The molecular weight excluding hydrogens is 400 g/mol. The highest BCUT2D eigenvalue weighted by atomic mass is 79.9. The van der Waals surface area contributed by atoms with Gasteiger partial charge >= 0.3 is 0 Å². The maximum atomic E-state index is 12.4. The Bertz CT molecular complexity index is 903. The Morgan fingerprint density at radius 2 is 2.04 bits per heavy atom. The van der Waals surface area contributed by atoms with Gasteiger partial charge in [-0.15, -0.1) is 0 Å². The number of halogens is 1. The van der Waals surface area contributed by atoms with Crippen LogP contribution < -0.4 is 16.2 Å². The highest BCUT2D eigenvalue weighted by Crippen LogP contribution is 2.22. The second kappa shape index (κ2) is 7.69. The Morgan fingerprint density at radius 1 is 1.31 bits per heavy atom. The van der Waals surface area contributed by atoms with E-state index in [-0.39, 0.29) is 16.9 Å². The molecule has 1 aromatic carbocycles. The Kier molecular flexibility index (Phi) is 5.36. The molecule has 0 atom stereocenters. The van der Waals surface area contributed by atoms with Gasteiger partial charge in [0.15, 0.2) is 0 Å². The summed E-state index contributed by atoms with van der Waals surface area (Å²) >= 11 is 3.41. The molecule has 1 aliphatic rings. The number of H-pyrrole nitrogens is 1.